The third-order valence-corrected chi connectivity index (χ3v) is 4.58. The van der Waals surface area contributed by atoms with Crippen molar-refractivity contribution in [3.63, 3.8) is 0 Å². The molecule has 0 saturated carbocycles. The van der Waals surface area contributed by atoms with Crippen LogP contribution in [0, 0.1) is 6.92 Å². The van der Waals surface area contributed by atoms with Crippen molar-refractivity contribution >= 4 is 5.97 Å². The molecule has 0 unspecified atom stereocenters. The van der Waals surface area contributed by atoms with Gasteiger partial charge in [0.1, 0.15) is 17.3 Å². The van der Waals surface area contributed by atoms with Gasteiger partial charge >= 0.3 is 5.97 Å². The molecule has 1 aromatic heterocycles. The molecule has 0 amide bonds. The fraction of sp³-hybridized carbons (Fsp3) is 0.333. The number of hydrogen-bond donors (Lipinski definition) is 1. The third-order valence-electron chi connectivity index (χ3n) is 4.58. The average Bonchev–Trinajstić information content (AvgIpc) is 3.09. The number of carbonyl (C=O) groups is 1. The van der Waals surface area contributed by atoms with Gasteiger partial charge in [0, 0.05) is 18.1 Å². The molecule has 1 heterocycles. The van der Waals surface area contributed by atoms with E-state index in [1.807, 2.05) is 37.3 Å². The van der Waals surface area contributed by atoms with E-state index in [1.54, 1.807) is 18.2 Å². The summed E-state index contributed by atoms with van der Waals surface area (Å²) in [5.41, 5.74) is 2.42. The van der Waals surface area contributed by atoms with Crippen molar-refractivity contribution in [3.8, 4) is 23.0 Å². The van der Waals surface area contributed by atoms with Gasteiger partial charge in [0.05, 0.1) is 25.3 Å². The van der Waals surface area contributed by atoms with Crippen LogP contribution in [0.4, 0.5) is 0 Å². The molecule has 1 N–H and O–H groups in total. The predicted molar refractivity (Wildman–Crippen MR) is 114 cm³/mol. The first-order chi connectivity index (χ1) is 14.5. The van der Waals surface area contributed by atoms with Crippen LogP contribution < -0.4 is 9.47 Å². The van der Waals surface area contributed by atoms with E-state index in [-0.39, 0.29) is 6.42 Å². The smallest absolute Gasteiger partial charge is 0.307 e. The number of ether oxygens (including phenoxy) is 2. The summed E-state index contributed by atoms with van der Waals surface area (Å²) in [6, 6.07) is 15.1. The molecule has 3 aromatic rings. The maximum absolute atomic E-state index is 11.1. The number of aromatic nitrogens is 1. The monoisotopic (exact) mass is 409 g/mol. The Morgan fingerprint density at radius 1 is 1.07 bits per heavy atom. The molecular formula is C24H27NO5. The molecule has 0 aliphatic carbocycles. The fourth-order valence-corrected chi connectivity index (χ4v) is 3.04. The predicted octanol–water partition coefficient (Wildman–Crippen LogP) is 5.08. The average molecular weight is 409 g/mol. The second-order valence-corrected chi connectivity index (χ2v) is 7.07. The van der Waals surface area contributed by atoms with Crippen molar-refractivity contribution in [2.45, 2.75) is 39.5 Å². The molecule has 0 aliphatic rings. The van der Waals surface area contributed by atoms with Crippen molar-refractivity contribution in [1.29, 1.82) is 0 Å². The molecule has 2 aromatic carbocycles. The normalized spacial score (nSPS) is 10.7. The van der Waals surface area contributed by atoms with E-state index in [1.165, 1.54) is 0 Å². The van der Waals surface area contributed by atoms with Crippen molar-refractivity contribution in [3.05, 3.63) is 65.5 Å². The number of carboxylic acid groups (broad SMARTS) is 1. The number of rotatable bonds is 11. The highest BCUT2D eigenvalue weighted by atomic mass is 16.5. The maximum Gasteiger partial charge on any atom is 0.307 e. The van der Waals surface area contributed by atoms with Crippen LogP contribution in [0.5, 0.6) is 11.5 Å². The van der Waals surface area contributed by atoms with Crippen molar-refractivity contribution in [2.75, 3.05) is 13.2 Å². The molecule has 30 heavy (non-hydrogen) atoms. The minimum atomic E-state index is -0.890. The van der Waals surface area contributed by atoms with Gasteiger partial charge < -0.3 is 19.0 Å². The number of unbranched alkanes of at least 4 members (excludes halogenated alkanes) is 1. The minimum Gasteiger partial charge on any atom is -0.493 e. The fourth-order valence-electron chi connectivity index (χ4n) is 3.04. The highest BCUT2D eigenvalue weighted by molar-refractivity contribution is 5.70. The van der Waals surface area contributed by atoms with Crippen LogP contribution in [0.15, 0.2) is 52.9 Å². The first kappa shape index (κ1) is 21.4. The van der Waals surface area contributed by atoms with E-state index >= 15 is 0 Å². The first-order valence-corrected chi connectivity index (χ1v) is 10.2. The van der Waals surface area contributed by atoms with E-state index in [0.717, 1.165) is 29.9 Å². The molecule has 0 spiro atoms. The van der Waals surface area contributed by atoms with Gasteiger partial charge in [0.25, 0.3) is 0 Å². The topological polar surface area (TPSA) is 81.8 Å². The molecule has 0 bridgehead atoms. The molecule has 6 nitrogen and oxygen atoms in total. The largest absolute Gasteiger partial charge is 0.493 e. The van der Waals surface area contributed by atoms with Gasteiger partial charge in [-0.1, -0.05) is 31.5 Å². The lowest BCUT2D eigenvalue weighted by molar-refractivity contribution is -0.136. The van der Waals surface area contributed by atoms with Gasteiger partial charge in [-0.15, -0.1) is 0 Å². The first-order valence-electron chi connectivity index (χ1n) is 10.2. The van der Waals surface area contributed by atoms with Crippen LogP contribution in [0.2, 0.25) is 0 Å². The zero-order valence-corrected chi connectivity index (χ0v) is 17.4. The molecule has 3 rings (SSSR count). The highest BCUT2D eigenvalue weighted by Crippen LogP contribution is 2.25. The summed E-state index contributed by atoms with van der Waals surface area (Å²) in [7, 11) is 0. The van der Waals surface area contributed by atoms with Crippen LogP contribution in [-0.2, 0) is 17.6 Å². The van der Waals surface area contributed by atoms with Crippen molar-refractivity contribution in [2.24, 2.45) is 0 Å². The molecule has 0 aliphatic heterocycles. The van der Waals surface area contributed by atoms with E-state index in [0.29, 0.717) is 42.6 Å². The Balaban J connectivity index is 1.65. The Bertz CT molecular complexity index is 965. The van der Waals surface area contributed by atoms with Gasteiger partial charge in [-0.3, -0.25) is 4.79 Å². The summed E-state index contributed by atoms with van der Waals surface area (Å²) in [4.78, 5) is 15.7. The van der Waals surface area contributed by atoms with E-state index in [2.05, 4.69) is 11.9 Å². The van der Waals surface area contributed by atoms with Crippen LogP contribution >= 0.6 is 0 Å². The minimum absolute atomic E-state index is 0.0792. The Morgan fingerprint density at radius 3 is 2.43 bits per heavy atom. The number of benzene rings is 2. The second kappa shape index (κ2) is 10.5. The molecule has 0 fully saturated rings. The summed E-state index contributed by atoms with van der Waals surface area (Å²) in [6.45, 7) is 4.97. The maximum atomic E-state index is 11.1. The van der Waals surface area contributed by atoms with Gasteiger partial charge in [-0.2, -0.15) is 0 Å². The lowest BCUT2D eigenvalue weighted by Crippen LogP contribution is -2.06. The van der Waals surface area contributed by atoms with Crippen molar-refractivity contribution in [1.82, 2.24) is 4.98 Å². The molecule has 158 valence electrons. The number of hydrogen-bond acceptors (Lipinski definition) is 5. The van der Waals surface area contributed by atoms with Crippen molar-refractivity contribution < 1.29 is 23.8 Å². The summed E-state index contributed by atoms with van der Waals surface area (Å²) >= 11 is 0. The zero-order chi connectivity index (χ0) is 21.3. The van der Waals surface area contributed by atoms with E-state index < -0.39 is 5.97 Å². The van der Waals surface area contributed by atoms with Crippen LogP contribution in [0.3, 0.4) is 0 Å². The quantitative estimate of drug-likeness (QED) is 0.445. The second-order valence-electron chi connectivity index (χ2n) is 7.07. The number of carboxylic acids is 1. The standard InChI is InChI=1S/C24H27NO5/c1-3-4-11-28-20-13-18(15-23(26)27)14-21(16-20)29-12-10-22-17(2)30-24(25-22)19-8-6-5-7-9-19/h5-9,13-14,16H,3-4,10-12,15H2,1-2H3,(H,26,27). The summed E-state index contributed by atoms with van der Waals surface area (Å²) in [5, 5.41) is 9.11. The molecule has 6 heteroatoms. The number of oxazole rings is 1. The number of nitrogens with zero attached hydrogens (tertiary/aromatic N) is 1. The van der Waals surface area contributed by atoms with E-state index in [9.17, 15) is 4.79 Å². The molecule has 0 atom stereocenters. The lowest BCUT2D eigenvalue weighted by Gasteiger charge is -2.11. The SMILES string of the molecule is CCCCOc1cc(CC(=O)O)cc(OCCc2nc(-c3ccccc3)oc2C)c1. The molecule has 0 radical (unpaired) electrons. The van der Waals surface area contributed by atoms with Gasteiger partial charge in [-0.05, 0) is 43.2 Å². The summed E-state index contributed by atoms with van der Waals surface area (Å²) in [6.07, 6.45) is 2.47. The van der Waals surface area contributed by atoms with Gasteiger partial charge in [0.15, 0.2) is 0 Å². The summed E-state index contributed by atoms with van der Waals surface area (Å²) < 4.78 is 17.4. The third kappa shape index (κ3) is 6.11. The van der Waals surface area contributed by atoms with Gasteiger partial charge in [-0.25, -0.2) is 4.98 Å². The number of aryl methyl sites for hydroxylation is 1. The molecular weight excluding hydrogens is 382 g/mol. The van der Waals surface area contributed by atoms with Crippen LogP contribution in [0.1, 0.15) is 36.8 Å². The Labute approximate surface area is 176 Å². The Morgan fingerprint density at radius 2 is 1.77 bits per heavy atom. The summed E-state index contributed by atoms with van der Waals surface area (Å²) in [5.74, 6) is 1.68. The lowest BCUT2D eigenvalue weighted by atomic mass is 10.1. The van der Waals surface area contributed by atoms with Crippen LogP contribution in [0.25, 0.3) is 11.5 Å². The van der Waals surface area contributed by atoms with Crippen LogP contribution in [-0.4, -0.2) is 29.3 Å². The zero-order valence-electron chi connectivity index (χ0n) is 17.4. The Hall–Kier alpha value is -3.28. The highest BCUT2D eigenvalue weighted by Gasteiger charge is 2.12. The van der Waals surface area contributed by atoms with E-state index in [4.69, 9.17) is 19.0 Å². The van der Waals surface area contributed by atoms with Gasteiger partial charge in [0.2, 0.25) is 5.89 Å². The molecule has 0 saturated heterocycles. The Kier molecular flexibility index (Phi) is 7.49. The number of aliphatic carboxylic acids is 1.